The molecule has 2 atom stereocenters. The van der Waals surface area contributed by atoms with Crippen molar-refractivity contribution in [2.24, 2.45) is 0 Å². The van der Waals surface area contributed by atoms with Crippen molar-refractivity contribution in [2.75, 3.05) is 27.9 Å². The maximum absolute atomic E-state index is 5.52. The van der Waals surface area contributed by atoms with Crippen molar-refractivity contribution in [3.63, 3.8) is 0 Å². The van der Waals surface area contributed by atoms with E-state index in [9.17, 15) is 0 Å². The Hall–Kier alpha value is 0.0169. The van der Waals surface area contributed by atoms with Gasteiger partial charge in [0, 0.05) is 21.3 Å². The number of rotatable bonds is 8. The maximum Gasteiger partial charge on any atom is 0.678 e. The zero-order valence-corrected chi connectivity index (χ0v) is 10.8. The fourth-order valence-electron chi connectivity index (χ4n) is 1.48. The van der Waals surface area contributed by atoms with Crippen LogP contribution in [-0.2, 0) is 22.4 Å². The predicted molar refractivity (Wildman–Crippen MR) is 56.3 cm³/mol. The molecule has 0 aliphatic carbocycles. The summed E-state index contributed by atoms with van der Waals surface area (Å²) in [7, 11) is 1.70. The van der Waals surface area contributed by atoms with Crippen molar-refractivity contribution < 1.29 is 22.4 Å². The Balaban J connectivity index is 2.24. The van der Waals surface area contributed by atoms with E-state index < -0.39 is 9.05 Å². The standard InChI is InChI=1S/C9H20O5Si/c1-5-6-8-9(14-8)7-13-15(10-2,11-3)12-4/h8-9H,5-7H2,1-4H3. The SMILES string of the molecule is CCCC1OC1CO[Si](OC)(OC)OC. The topological polar surface area (TPSA) is 49.5 Å². The molecule has 1 aliphatic rings. The van der Waals surface area contributed by atoms with Crippen LogP contribution in [0, 0.1) is 0 Å². The summed E-state index contributed by atoms with van der Waals surface area (Å²) in [6, 6.07) is 0. The van der Waals surface area contributed by atoms with Gasteiger partial charge in [0.2, 0.25) is 0 Å². The lowest BCUT2D eigenvalue weighted by molar-refractivity contribution is 0.00232. The van der Waals surface area contributed by atoms with E-state index in [1.165, 1.54) is 21.3 Å². The summed E-state index contributed by atoms with van der Waals surface area (Å²) in [6.07, 6.45) is 2.72. The van der Waals surface area contributed by atoms with Crippen LogP contribution in [-0.4, -0.2) is 49.2 Å². The van der Waals surface area contributed by atoms with E-state index in [0.29, 0.717) is 12.7 Å². The van der Waals surface area contributed by atoms with Gasteiger partial charge in [-0.25, -0.2) is 0 Å². The van der Waals surface area contributed by atoms with E-state index in [2.05, 4.69) is 6.92 Å². The molecule has 15 heavy (non-hydrogen) atoms. The van der Waals surface area contributed by atoms with Crippen LogP contribution in [0.3, 0.4) is 0 Å². The highest BCUT2D eigenvalue weighted by Crippen LogP contribution is 2.27. The number of hydrogen-bond acceptors (Lipinski definition) is 5. The van der Waals surface area contributed by atoms with Crippen molar-refractivity contribution in [3.05, 3.63) is 0 Å². The third kappa shape index (κ3) is 3.51. The molecule has 0 aromatic rings. The van der Waals surface area contributed by atoms with Crippen molar-refractivity contribution in [3.8, 4) is 0 Å². The van der Waals surface area contributed by atoms with Gasteiger partial charge in [-0.3, -0.25) is 0 Å². The first-order valence-corrected chi connectivity index (χ1v) is 6.79. The zero-order valence-electron chi connectivity index (χ0n) is 9.82. The summed E-state index contributed by atoms with van der Waals surface area (Å²) in [6.45, 7) is 2.62. The first kappa shape index (κ1) is 13.1. The van der Waals surface area contributed by atoms with Crippen LogP contribution in [0.25, 0.3) is 0 Å². The normalized spacial score (nSPS) is 25.6. The molecule has 0 amide bonds. The van der Waals surface area contributed by atoms with Crippen molar-refractivity contribution in [1.29, 1.82) is 0 Å². The Labute approximate surface area is 92.1 Å². The molecule has 2 unspecified atom stereocenters. The van der Waals surface area contributed by atoms with Crippen LogP contribution in [0.1, 0.15) is 19.8 Å². The van der Waals surface area contributed by atoms with Gasteiger partial charge in [-0.1, -0.05) is 13.3 Å². The molecule has 0 spiro atoms. The summed E-state index contributed by atoms with van der Waals surface area (Å²) in [4.78, 5) is 0. The lowest BCUT2D eigenvalue weighted by Crippen LogP contribution is -2.47. The lowest BCUT2D eigenvalue weighted by atomic mass is 10.2. The molecular weight excluding hydrogens is 216 g/mol. The van der Waals surface area contributed by atoms with E-state index >= 15 is 0 Å². The van der Waals surface area contributed by atoms with E-state index in [4.69, 9.17) is 22.4 Å². The van der Waals surface area contributed by atoms with Gasteiger partial charge in [0.15, 0.2) is 0 Å². The highest BCUT2D eigenvalue weighted by molar-refractivity contribution is 6.53. The van der Waals surface area contributed by atoms with Gasteiger partial charge >= 0.3 is 9.05 Å². The van der Waals surface area contributed by atoms with Gasteiger partial charge in [-0.15, -0.1) is 0 Å². The second-order valence-corrected chi connectivity index (χ2v) is 5.94. The largest absolute Gasteiger partial charge is 0.678 e. The van der Waals surface area contributed by atoms with Crippen LogP contribution in [0.2, 0.25) is 0 Å². The minimum Gasteiger partial charge on any atom is -0.367 e. The molecule has 0 aromatic carbocycles. The van der Waals surface area contributed by atoms with Gasteiger partial charge in [0.05, 0.1) is 12.7 Å². The molecule has 0 saturated carbocycles. The Kier molecular flexibility index (Phi) is 5.17. The fourth-order valence-corrected chi connectivity index (χ4v) is 2.70. The molecule has 1 saturated heterocycles. The number of epoxide rings is 1. The average molecular weight is 236 g/mol. The van der Waals surface area contributed by atoms with Gasteiger partial charge in [0.1, 0.15) is 6.10 Å². The Morgan fingerprint density at radius 2 is 1.67 bits per heavy atom. The fraction of sp³-hybridized carbons (Fsp3) is 1.00. The molecular formula is C9H20O5Si. The molecule has 1 rings (SSSR count). The molecule has 1 heterocycles. The minimum atomic E-state index is -2.87. The molecule has 0 N–H and O–H groups in total. The van der Waals surface area contributed by atoms with Gasteiger partial charge in [-0.05, 0) is 6.42 Å². The Morgan fingerprint density at radius 3 is 2.13 bits per heavy atom. The van der Waals surface area contributed by atoms with Crippen LogP contribution in [0.5, 0.6) is 0 Å². The highest BCUT2D eigenvalue weighted by Gasteiger charge is 2.46. The zero-order chi connectivity index (χ0) is 11.3. The first-order valence-electron chi connectivity index (χ1n) is 5.16. The van der Waals surface area contributed by atoms with E-state index in [1.807, 2.05) is 0 Å². The monoisotopic (exact) mass is 236 g/mol. The number of hydrogen-bond donors (Lipinski definition) is 0. The maximum atomic E-state index is 5.52. The summed E-state index contributed by atoms with van der Waals surface area (Å²) < 4.78 is 26.3. The van der Waals surface area contributed by atoms with Crippen molar-refractivity contribution >= 4 is 9.05 Å². The van der Waals surface area contributed by atoms with Gasteiger partial charge < -0.3 is 22.4 Å². The van der Waals surface area contributed by atoms with E-state index in [1.54, 1.807) is 0 Å². The smallest absolute Gasteiger partial charge is 0.367 e. The summed E-state index contributed by atoms with van der Waals surface area (Å²) >= 11 is 0. The number of ether oxygens (including phenoxy) is 1. The molecule has 0 aromatic heterocycles. The van der Waals surface area contributed by atoms with Crippen LogP contribution >= 0.6 is 0 Å². The van der Waals surface area contributed by atoms with Crippen LogP contribution in [0.15, 0.2) is 0 Å². The summed E-state index contributed by atoms with van der Waals surface area (Å²) in [5, 5.41) is 0. The predicted octanol–water partition coefficient (Wildman–Crippen LogP) is 0.945. The average Bonchev–Trinajstić information content (AvgIpc) is 3.00. The van der Waals surface area contributed by atoms with Crippen LogP contribution in [0.4, 0.5) is 0 Å². The highest BCUT2D eigenvalue weighted by atomic mass is 28.4. The third-order valence-electron chi connectivity index (χ3n) is 2.44. The van der Waals surface area contributed by atoms with E-state index in [-0.39, 0.29) is 6.10 Å². The second kappa shape index (κ2) is 5.93. The van der Waals surface area contributed by atoms with Gasteiger partial charge in [-0.2, -0.15) is 0 Å². The Bertz CT molecular complexity index is 177. The van der Waals surface area contributed by atoms with Crippen molar-refractivity contribution in [1.82, 2.24) is 0 Å². The quantitative estimate of drug-likeness (QED) is 0.464. The molecule has 0 radical (unpaired) electrons. The van der Waals surface area contributed by atoms with Crippen molar-refractivity contribution in [2.45, 2.75) is 32.0 Å². The minimum absolute atomic E-state index is 0.178. The molecule has 6 heteroatoms. The third-order valence-corrected chi connectivity index (χ3v) is 4.46. The molecule has 1 fully saturated rings. The molecule has 1 aliphatic heterocycles. The van der Waals surface area contributed by atoms with Gasteiger partial charge in [0.25, 0.3) is 0 Å². The first-order chi connectivity index (χ1) is 7.21. The van der Waals surface area contributed by atoms with E-state index in [0.717, 1.165) is 12.8 Å². The lowest BCUT2D eigenvalue weighted by Gasteiger charge is -2.22. The Morgan fingerprint density at radius 1 is 1.07 bits per heavy atom. The molecule has 0 bridgehead atoms. The summed E-state index contributed by atoms with van der Waals surface area (Å²) in [5.74, 6) is 0. The molecule has 5 nitrogen and oxygen atoms in total. The second-order valence-electron chi connectivity index (χ2n) is 3.43. The summed E-state index contributed by atoms with van der Waals surface area (Å²) in [5.41, 5.74) is 0. The van der Waals surface area contributed by atoms with Crippen LogP contribution < -0.4 is 0 Å². The molecule has 90 valence electrons.